The zero-order valence-corrected chi connectivity index (χ0v) is 20.5. The van der Waals surface area contributed by atoms with Crippen molar-refractivity contribution in [2.75, 3.05) is 26.9 Å². The number of hydrogen-bond acceptors (Lipinski definition) is 6. The van der Waals surface area contributed by atoms with Crippen LogP contribution in [-0.2, 0) is 14.3 Å². The average molecular weight is 468 g/mol. The van der Waals surface area contributed by atoms with Gasteiger partial charge in [-0.1, -0.05) is 19.1 Å². The van der Waals surface area contributed by atoms with Gasteiger partial charge in [0.1, 0.15) is 17.3 Å². The van der Waals surface area contributed by atoms with Crippen LogP contribution in [0.3, 0.4) is 0 Å². The summed E-state index contributed by atoms with van der Waals surface area (Å²) in [6, 6.07) is 11.7. The Kier molecular flexibility index (Phi) is 8.34. The molecule has 1 atom stereocenters. The van der Waals surface area contributed by atoms with E-state index in [2.05, 4.69) is 0 Å². The third kappa shape index (κ3) is 5.42. The van der Waals surface area contributed by atoms with Crippen molar-refractivity contribution in [1.82, 2.24) is 4.90 Å². The summed E-state index contributed by atoms with van der Waals surface area (Å²) in [6.07, 6.45) is 0.845. The Hall–Kier alpha value is -3.32. The number of hydrogen-bond donors (Lipinski definition) is 1. The second-order valence-corrected chi connectivity index (χ2v) is 8.55. The lowest BCUT2D eigenvalue weighted by Crippen LogP contribution is -2.32. The average Bonchev–Trinajstić information content (AvgIpc) is 3.06. The van der Waals surface area contributed by atoms with Crippen molar-refractivity contribution < 1.29 is 28.9 Å². The number of methoxy groups -OCH3 is 1. The fourth-order valence-corrected chi connectivity index (χ4v) is 4.00. The molecule has 1 fully saturated rings. The second-order valence-electron chi connectivity index (χ2n) is 8.55. The molecule has 7 heteroatoms. The SMILES string of the molecule is CCCOc1ccc(/C(O)=C2\C(=O)C(=O)N(CCOC)C2c2cccc(OC(C)C)c2)cc1C. The molecule has 0 aromatic heterocycles. The summed E-state index contributed by atoms with van der Waals surface area (Å²) >= 11 is 0. The first kappa shape index (κ1) is 25.3. The Morgan fingerprint density at radius 3 is 2.53 bits per heavy atom. The molecule has 0 aliphatic carbocycles. The monoisotopic (exact) mass is 467 g/mol. The lowest BCUT2D eigenvalue weighted by atomic mass is 9.94. The number of nitrogens with zero attached hydrogens (tertiary/aromatic N) is 1. The van der Waals surface area contributed by atoms with Gasteiger partial charge in [0.25, 0.3) is 11.7 Å². The number of aryl methyl sites for hydroxylation is 1. The topological polar surface area (TPSA) is 85.3 Å². The first-order valence-corrected chi connectivity index (χ1v) is 11.6. The van der Waals surface area contributed by atoms with Crippen LogP contribution in [-0.4, -0.2) is 54.7 Å². The number of aliphatic hydroxyl groups is 1. The van der Waals surface area contributed by atoms with Crippen molar-refractivity contribution in [2.24, 2.45) is 0 Å². The van der Waals surface area contributed by atoms with Crippen LogP contribution in [0.5, 0.6) is 11.5 Å². The van der Waals surface area contributed by atoms with Gasteiger partial charge in [0.05, 0.1) is 30.9 Å². The third-order valence-electron chi connectivity index (χ3n) is 5.53. The number of aliphatic hydroxyl groups excluding tert-OH is 1. The molecule has 1 N–H and O–H groups in total. The maximum Gasteiger partial charge on any atom is 0.295 e. The van der Waals surface area contributed by atoms with E-state index < -0.39 is 17.7 Å². The fraction of sp³-hybridized carbons (Fsp3) is 0.407. The molecule has 182 valence electrons. The molecule has 1 aliphatic rings. The number of ether oxygens (including phenoxy) is 3. The predicted molar refractivity (Wildman–Crippen MR) is 130 cm³/mol. The van der Waals surface area contributed by atoms with Gasteiger partial charge in [-0.2, -0.15) is 0 Å². The smallest absolute Gasteiger partial charge is 0.295 e. The fourth-order valence-electron chi connectivity index (χ4n) is 4.00. The molecular formula is C27H33NO6. The molecule has 0 spiro atoms. The molecule has 7 nitrogen and oxygen atoms in total. The Bertz CT molecular complexity index is 1070. The van der Waals surface area contributed by atoms with Gasteiger partial charge in [-0.05, 0) is 68.7 Å². The van der Waals surface area contributed by atoms with Crippen LogP contribution in [0.25, 0.3) is 5.76 Å². The number of benzene rings is 2. The summed E-state index contributed by atoms with van der Waals surface area (Å²) in [4.78, 5) is 27.5. The number of Topliss-reactive ketones (excluding diaryl/α,β-unsaturated/α-hetero) is 1. The minimum Gasteiger partial charge on any atom is -0.507 e. The number of ketones is 1. The zero-order chi connectivity index (χ0) is 24.8. The molecule has 3 rings (SSSR count). The van der Waals surface area contributed by atoms with Crippen LogP contribution in [0.1, 0.15) is 49.9 Å². The highest BCUT2D eigenvalue weighted by atomic mass is 16.5. The van der Waals surface area contributed by atoms with E-state index in [9.17, 15) is 14.7 Å². The summed E-state index contributed by atoms with van der Waals surface area (Å²) in [5, 5.41) is 11.3. The van der Waals surface area contributed by atoms with E-state index in [1.165, 1.54) is 12.0 Å². The van der Waals surface area contributed by atoms with Crippen molar-refractivity contribution in [3.05, 3.63) is 64.7 Å². The van der Waals surface area contributed by atoms with Crippen molar-refractivity contribution in [3.63, 3.8) is 0 Å². The summed E-state index contributed by atoms with van der Waals surface area (Å²) in [7, 11) is 1.54. The van der Waals surface area contributed by atoms with Gasteiger partial charge in [0.15, 0.2) is 0 Å². The van der Waals surface area contributed by atoms with Crippen molar-refractivity contribution >= 4 is 17.4 Å². The van der Waals surface area contributed by atoms with Crippen LogP contribution in [0, 0.1) is 6.92 Å². The quantitative estimate of drug-likeness (QED) is 0.311. The molecule has 0 bridgehead atoms. The zero-order valence-electron chi connectivity index (χ0n) is 20.5. The molecule has 0 radical (unpaired) electrons. The van der Waals surface area contributed by atoms with E-state index in [-0.39, 0.29) is 30.6 Å². The summed E-state index contributed by atoms with van der Waals surface area (Å²) in [5.74, 6) is -0.271. The molecule has 2 aromatic carbocycles. The Balaban J connectivity index is 2.11. The summed E-state index contributed by atoms with van der Waals surface area (Å²) < 4.78 is 16.7. The normalized spacial score (nSPS) is 17.5. The van der Waals surface area contributed by atoms with Crippen LogP contribution < -0.4 is 9.47 Å². The number of likely N-dealkylation sites (tertiary alicyclic amines) is 1. The summed E-state index contributed by atoms with van der Waals surface area (Å²) in [6.45, 7) is 8.81. The van der Waals surface area contributed by atoms with Gasteiger partial charge < -0.3 is 24.2 Å². The molecule has 1 amide bonds. The van der Waals surface area contributed by atoms with E-state index >= 15 is 0 Å². The van der Waals surface area contributed by atoms with Crippen molar-refractivity contribution in [3.8, 4) is 11.5 Å². The Morgan fingerprint density at radius 2 is 1.88 bits per heavy atom. The number of carbonyl (C=O) groups excluding carboxylic acids is 2. The van der Waals surface area contributed by atoms with E-state index in [0.29, 0.717) is 29.2 Å². The van der Waals surface area contributed by atoms with Crippen LogP contribution >= 0.6 is 0 Å². The Morgan fingerprint density at radius 1 is 1.12 bits per heavy atom. The second kappa shape index (κ2) is 11.2. The minimum atomic E-state index is -0.762. The van der Waals surface area contributed by atoms with Gasteiger partial charge in [0, 0.05) is 19.2 Å². The lowest BCUT2D eigenvalue weighted by molar-refractivity contribution is -0.140. The van der Waals surface area contributed by atoms with Crippen molar-refractivity contribution in [1.29, 1.82) is 0 Å². The molecule has 2 aromatic rings. The first-order valence-electron chi connectivity index (χ1n) is 11.6. The van der Waals surface area contributed by atoms with E-state index in [4.69, 9.17) is 14.2 Å². The molecule has 1 unspecified atom stereocenters. The lowest BCUT2D eigenvalue weighted by Gasteiger charge is -2.25. The van der Waals surface area contributed by atoms with Gasteiger partial charge in [-0.3, -0.25) is 9.59 Å². The van der Waals surface area contributed by atoms with Gasteiger partial charge in [-0.15, -0.1) is 0 Å². The summed E-state index contributed by atoms with van der Waals surface area (Å²) in [5.41, 5.74) is 2.00. The standard InChI is InChI=1S/C27H33NO6/c1-6-13-33-22-11-10-20(15-18(22)4)25(29)23-24(28(12-14-32-5)27(31)26(23)30)19-8-7-9-21(16-19)34-17(2)3/h7-11,15-17,24,29H,6,12-14H2,1-5H3/b25-23+. The van der Waals surface area contributed by atoms with Gasteiger partial charge in [-0.25, -0.2) is 0 Å². The molecule has 34 heavy (non-hydrogen) atoms. The minimum absolute atomic E-state index is 0.0356. The highest BCUT2D eigenvalue weighted by Gasteiger charge is 2.46. The van der Waals surface area contributed by atoms with Crippen LogP contribution in [0.4, 0.5) is 0 Å². The van der Waals surface area contributed by atoms with E-state index in [1.54, 1.807) is 24.3 Å². The van der Waals surface area contributed by atoms with Gasteiger partial charge in [0.2, 0.25) is 0 Å². The van der Waals surface area contributed by atoms with E-state index in [1.807, 2.05) is 45.9 Å². The van der Waals surface area contributed by atoms with Crippen molar-refractivity contribution in [2.45, 2.75) is 46.3 Å². The number of carbonyl (C=O) groups is 2. The van der Waals surface area contributed by atoms with Crippen LogP contribution in [0.2, 0.25) is 0 Å². The highest BCUT2D eigenvalue weighted by molar-refractivity contribution is 6.46. The first-order chi connectivity index (χ1) is 16.3. The predicted octanol–water partition coefficient (Wildman–Crippen LogP) is 4.64. The van der Waals surface area contributed by atoms with E-state index in [0.717, 1.165) is 12.0 Å². The third-order valence-corrected chi connectivity index (χ3v) is 5.53. The molecule has 1 saturated heterocycles. The van der Waals surface area contributed by atoms with Crippen LogP contribution in [0.15, 0.2) is 48.0 Å². The highest BCUT2D eigenvalue weighted by Crippen LogP contribution is 2.40. The molecule has 1 aliphatic heterocycles. The Labute approximate surface area is 200 Å². The largest absolute Gasteiger partial charge is 0.507 e. The molecular weight excluding hydrogens is 434 g/mol. The maximum absolute atomic E-state index is 13.1. The molecule has 1 heterocycles. The maximum atomic E-state index is 13.1. The number of amides is 1. The number of rotatable bonds is 10. The van der Waals surface area contributed by atoms with Gasteiger partial charge >= 0.3 is 0 Å². The molecule has 0 saturated carbocycles.